The third-order valence-electron chi connectivity index (χ3n) is 8.44. The fraction of sp³-hybridized carbons (Fsp3) is 0.256. The van der Waals surface area contributed by atoms with Crippen LogP contribution in [0.1, 0.15) is 33.9 Å². The van der Waals surface area contributed by atoms with Gasteiger partial charge in [0, 0.05) is 0 Å². The molecular weight excluding hydrogens is 612 g/mol. The summed E-state index contributed by atoms with van der Waals surface area (Å²) in [7, 11) is 0. The minimum atomic E-state index is -0.523. The zero-order valence-corrected chi connectivity index (χ0v) is 27.7. The molecule has 1 saturated heterocycles. The van der Waals surface area contributed by atoms with Crippen LogP contribution in [-0.4, -0.2) is 37.6 Å². The molecule has 5 aromatic rings. The molecule has 0 bridgehead atoms. The molecule has 0 spiro atoms. The Labute approximate surface area is 289 Å². The van der Waals surface area contributed by atoms with Gasteiger partial charge in [0.2, 0.25) is 0 Å². The van der Waals surface area contributed by atoms with Crippen molar-refractivity contribution < 1.29 is 28.4 Å². The van der Waals surface area contributed by atoms with Crippen molar-refractivity contribution in [2.75, 3.05) is 13.2 Å². The Morgan fingerprint density at radius 3 is 1.55 bits per heavy atom. The van der Waals surface area contributed by atoms with Crippen LogP contribution in [0.5, 0.6) is 5.75 Å². The molecule has 0 aliphatic carbocycles. The zero-order valence-electron chi connectivity index (χ0n) is 27.7. The Kier molecular flexibility index (Phi) is 12.8. The topological polar surface area (TPSA) is 55.4 Å². The molecule has 0 N–H and O–H groups in total. The van der Waals surface area contributed by atoms with Crippen molar-refractivity contribution in [1.29, 1.82) is 0 Å². The molecule has 1 fully saturated rings. The Balaban J connectivity index is 1.35. The van der Waals surface area contributed by atoms with Crippen molar-refractivity contribution in [3.63, 3.8) is 0 Å². The summed E-state index contributed by atoms with van der Waals surface area (Å²) in [6.45, 7) is 6.10. The smallest absolute Gasteiger partial charge is 0.120 e. The summed E-state index contributed by atoms with van der Waals surface area (Å²) in [5, 5.41) is 0. The van der Waals surface area contributed by atoms with Crippen LogP contribution in [0.3, 0.4) is 0 Å². The molecule has 5 unspecified atom stereocenters. The van der Waals surface area contributed by atoms with Gasteiger partial charge < -0.3 is 28.4 Å². The van der Waals surface area contributed by atoms with Gasteiger partial charge in [0.1, 0.15) is 42.9 Å². The van der Waals surface area contributed by atoms with Crippen LogP contribution in [0.15, 0.2) is 158 Å². The van der Waals surface area contributed by atoms with E-state index >= 15 is 0 Å². The molecule has 6 rings (SSSR count). The predicted octanol–water partition coefficient (Wildman–Crippen LogP) is 8.66. The van der Waals surface area contributed by atoms with E-state index in [0.717, 1.165) is 33.6 Å². The standard InChI is InChI=1S/C43H44O6/c1-2-26-45-38-25-15-24-37(27-38)40-42(47-30-35-20-11-5-12-21-35)43(48-31-36-22-13-6-14-23-36)41(46-29-34-18-9-4-10-19-34)39(49-40)32-44-28-33-16-7-3-8-17-33/h2-25,27,39-43H,1,26,28-32H2. The second-order valence-corrected chi connectivity index (χ2v) is 12.1. The minimum absolute atomic E-state index is 0.300. The molecule has 1 aliphatic rings. The van der Waals surface area contributed by atoms with Gasteiger partial charge in [-0.25, -0.2) is 0 Å². The maximum atomic E-state index is 7.02. The summed E-state index contributed by atoms with van der Waals surface area (Å²) in [5.41, 5.74) is 5.18. The zero-order chi connectivity index (χ0) is 33.5. The lowest BCUT2D eigenvalue weighted by molar-refractivity contribution is -0.275. The summed E-state index contributed by atoms with van der Waals surface area (Å²) < 4.78 is 39.8. The molecule has 252 valence electrons. The van der Waals surface area contributed by atoms with Gasteiger partial charge in [0.25, 0.3) is 0 Å². The molecule has 1 heterocycles. The summed E-state index contributed by atoms with van der Waals surface area (Å²) in [6, 6.07) is 48.6. The molecule has 1 aliphatic heterocycles. The van der Waals surface area contributed by atoms with Crippen LogP contribution in [-0.2, 0) is 50.1 Å². The van der Waals surface area contributed by atoms with Crippen LogP contribution in [0.4, 0.5) is 0 Å². The third-order valence-corrected chi connectivity index (χ3v) is 8.44. The number of hydrogen-bond acceptors (Lipinski definition) is 6. The van der Waals surface area contributed by atoms with Gasteiger partial charge in [-0.05, 0) is 39.9 Å². The molecule has 6 heteroatoms. The summed E-state index contributed by atoms with van der Waals surface area (Å²) in [6.07, 6.45) is -0.764. The predicted molar refractivity (Wildman–Crippen MR) is 191 cm³/mol. The monoisotopic (exact) mass is 656 g/mol. The first-order valence-corrected chi connectivity index (χ1v) is 16.8. The van der Waals surface area contributed by atoms with E-state index in [1.54, 1.807) is 6.08 Å². The minimum Gasteiger partial charge on any atom is -0.490 e. The summed E-state index contributed by atoms with van der Waals surface area (Å²) in [5.74, 6) is 0.726. The first kappa shape index (κ1) is 34.3. The van der Waals surface area contributed by atoms with Crippen LogP contribution >= 0.6 is 0 Å². The van der Waals surface area contributed by atoms with Crippen molar-refractivity contribution in [2.45, 2.75) is 56.9 Å². The lowest BCUT2D eigenvalue weighted by Gasteiger charge is -2.46. The van der Waals surface area contributed by atoms with E-state index in [1.165, 1.54) is 0 Å². The second kappa shape index (κ2) is 18.3. The Bertz CT molecular complexity index is 1660. The van der Waals surface area contributed by atoms with E-state index in [4.69, 9.17) is 28.4 Å². The maximum Gasteiger partial charge on any atom is 0.120 e. The van der Waals surface area contributed by atoms with Gasteiger partial charge in [0.15, 0.2) is 0 Å². The SMILES string of the molecule is C=CCOc1cccc(C2OC(COCc3ccccc3)C(OCc3ccccc3)C(OCc3ccccc3)C2OCc2ccccc2)c1. The molecule has 5 atom stereocenters. The second-order valence-electron chi connectivity index (χ2n) is 12.1. The van der Waals surface area contributed by atoms with Gasteiger partial charge in [-0.3, -0.25) is 0 Å². The van der Waals surface area contributed by atoms with Crippen LogP contribution in [0.2, 0.25) is 0 Å². The van der Waals surface area contributed by atoms with Crippen LogP contribution in [0.25, 0.3) is 0 Å². The first-order valence-electron chi connectivity index (χ1n) is 16.8. The van der Waals surface area contributed by atoms with Crippen molar-refractivity contribution in [3.05, 3.63) is 186 Å². The average Bonchev–Trinajstić information content (AvgIpc) is 3.16. The molecular formula is C43H44O6. The van der Waals surface area contributed by atoms with Gasteiger partial charge in [-0.2, -0.15) is 0 Å². The molecule has 5 aromatic carbocycles. The largest absolute Gasteiger partial charge is 0.490 e. The van der Waals surface area contributed by atoms with Crippen molar-refractivity contribution in [2.24, 2.45) is 0 Å². The molecule has 0 aromatic heterocycles. The van der Waals surface area contributed by atoms with Gasteiger partial charge >= 0.3 is 0 Å². The van der Waals surface area contributed by atoms with E-state index in [9.17, 15) is 0 Å². The Hall–Kier alpha value is -4.56. The van der Waals surface area contributed by atoms with Crippen molar-refractivity contribution in [1.82, 2.24) is 0 Å². The lowest BCUT2D eigenvalue weighted by atomic mass is 9.90. The quantitative estimate of drug-likeness (QED) is 0.0934. The van der Waals surface area contributed by atoms with Gasteiger partial charge in [-0.1, -0.05) is 146 Å². The van der Waals surface area contributed by atoms with Crippen molar-refractivity contribution in [3.8, 4) is 5.75 Å². The Morgan fingerprint density at radius 2 is 1.02 bits per heavy atom. The fourth-order valence-corrected chi connectivity index (χ4v) is 5.99. The summed E-state index contributed by atoms with van der Waals surface area (Å²) >= 11 is 0. The number of benzene rings is 5. The van der Waals surface area contributed by atoms with E-state index in [2.05, 4.69) is 55.1 Å². The maximum absolute atomic E-state index is 7.02. The molecule has 0 radical (unpaired) electrons. The molecule has 6 nitrogen and oxygen atoms in total. The molecule has 0 amide bonds. The number of rotatable bonds is 17. The third kappa shape index (κ3) is 9.98. The molecule has 49 heavy (non-hydrogen) atoms. The van der Waals surface area contributed by atoms with E-state index in [-0.39, 0.29) is 0 Å². The van der Waals surface area contributed by atoms with E-state index in [0.29, 0.717) is 39.6 Å². The first-order chi connectivity index (χ1) is 24.3. The molecule has 0 saturated carbocycles. The van der Waals surface area contributed by atoms with E-state index in [1.807, 2.05) is 97.1 Å². The number of ether oxygens (including phenoxy) is 6. The average molecular weight is 657 g/mol. The van der Waals surface area contributed by atoms with Crippen molar-refractivity contribution >= 4 is 0 Å². The summed E-state index contributed by atoms with van der Waals surface area (Å²) in [4.78, 5) is 0. The highest BCUT2D eigenvalue weighted by Crippen LogP contribution is 2.39. The van der Waals surface area contributed by atoms with Crippen LogP contribution < -0.4 is 4.74 Å². The number of hydrogen-bond donors (Lipinski definition) is 0. The van der Waals surface area contributed by atoms with Crippen LogP contribution in [0, 0.1) is 0 Å². The van der Waals surface area contributed by atoms with E-state index < -0.39 is 30.5 Å². The fourth-order valence-electron chi connectivity index (χ4n) is 5.99. The highest BCUT2D eigenvalue weighted by molar-refractivity contribution is 5.32. The normalized spacial score (nSPS) is 20.4. The van der Waals surface area contributed by atoms with Gasteiger partial charge in [0.05, 0.1) is 33.0 Å². The Morgan fingerprint density at radius 1 is 0.531 bits per heavy atom. The lowest BCUT2D eigenvalue weighted by Crippen LogP contribution is -2.58. The highest BCUT2D eigenvalue weighted by Gasteiger charge is 2.49. The highest BCUT2D eigenvalue weighted by atomic mass is 16.6. The van der Waals surface area contributed by atoms with Gasteiger partial charge in [-0.15, -0.1) is 0 Å².